The summed E-state index contributed by atoms with van der Waals surface area (Å²) >= 11 is 11.4. The van der Waals surface area contributed by atoms with Gasteiger partial charge >= 0.3 is 0 Å². The molecule has 1 aromatic heterocycles. The van der Waals surface area contributed by atoms with Gasteiger partial charge in [-0.1, -0.05) is 28.4 Å². The molecule has 0 fully saturated rings. The first-order valence-electron chi connectivity index (χ1n) is 4.04. The molecule has 0 bridgehead atoms. The predicted octanol–water partition coefficient (Wildman–Crippen LogP) is 3.03. The fraction of sp³-hybridized carbons (Fsp3) is 0.625. The minimum absolute atomic E-state index is 0.570. The van der Waals surface area contributed by atoms with E-state index in [1.54, 1.807) is 0 Å². The molecule has 1 aliphatic carbocycles. The number of halogens is 2. The van der Waals surface area contributed by atoms with Gasteiger partial charge in [-0.15, -0.1) is 0 Å². The molecule has 0 radical (unpaired) electrons. The van der Waals surface area contributed by atoms with Crippen LogP contribution in [0.15, 0.2) is 4.52 Å². The van der Waals surface area contributed by atoms with Crippen LogP contribution in [-0.2, 0) is 12.8 Å². The lowest BCUT2D eigenvalue weighted by atomic mass is 9.96. The molecular weight excluding hydrogens is 197 g/mol. The highest BCUT2D eigenvalue weighted by Crippen LogP contribution is 2.33. The van der Waals surface area contributed by atoms with E-state index in [0.717, 1.165) is 24.1 Å². The summed E-state index contributed by atoms with van der Waals surface area (Å²) in [5.74, 6) is 0.646. The van der Waals surface area contributed by atoms with Crippen LogP contribution in [0.25, 0.3) is 0 Å². The zero-order valence-corrected chi connectivity index (χ0v) is 8.03. The molecule has 0 aromatic carbocycles. The third-order valence-electron chi connectivity index (χ3n) is 2.19. The van der Waals surface area contributed by atoms with Gasteiger partial charge in [0.2, 0.25) is 0 Å². The second-order valence-corrected chi connectivity index (χ2v) is 4.08. The van der Waals surface area contributed by atoms with Crippen molar-refractivity contribution in [2.24, 2.45) is 0 Å². The Morgan fingerprint density at radius 3 is 2.75 bits per heavy atom. The molecule has 0 N–H and O–H groups in total. The van der Waals surface area contributed by atoms with E-state index in [9.17, 15) is 0 Å². The van der Waals surface area contributed by atoms with Gasteiger partial charge in [0.25, 0.3) is 0 Å². The van der Waals surface area contributed by atoms with Crippen LogP contribution in [0.4, 0.5) is 0 Å². The third kappa shape index (κ3) is 1.34. The molecule has 4 heteroatoms. The Bertz CT molecular complexity index is 283. The third-order valence-corrected chi connectivity index (χ3v) is 2.58. The topological polar surface area (TPSA) is 26.0 Å². The Morgan fingerprint density at radius 1 is 1.25 bits per heavy atom. The monoisotopic (exact) mass is 205 g/mol. The van der Waals surface area contributed by atoms with Crippen LogP contribution in [0.2, 0.25) is 0 Å². The van der Waals surface area contributed by atoms with E-state index in [1.807, 2.05) is 0 Å². The Hall–Kier alpha value is -0.210. The molecule has 2 nitrogen and oxygen atoms in total. The standard InChI is InChI=1S/C8H9Cl2NO/c9-8(10)7-5-3-1-2-4-6(5)11-12-7/h8H,1-4H2. The van der Waals surface area contributed by atoms with E-state index >= 15 is 0 Å². The molecule has 0 atom stereocenters. The number of rotatable bonds is 1. The summed E-state index contributed by atoms with van der Waals surface area (Å²) in [5, 5.41) is 3.93. The van der Waals surface area contributed by atoms with Crippen molar-refractivity contribution >= 4 is 23.2 Å². The van der Waals surface area contributed by atoms with Crippen molar-refractivity contribution < 1.29 is 4.52 Å². The van der Waals surface area contributed by atoms with E-state index in [1.165, 1.54) is 12.8 Å². The van der Waals surface area contributed by atoms with Crippen molar-refractivity contribution in [3.05, 3.63) is 17.0 Å². The van der Waals surface area contributed by atoms with Crippen molar-refractivity contribution in [3.8, 4) is 0 Å². The van der Waals surface area contributed by atoms with Crippen LogP contribution in [-0.4, -0.2) is 5.16 Å². The maximum absolute atomic E-state index is 5.71. The molecule has 1 aromatic rings. The molecule has 0 saturated heterocycles. The van der Waals surface area contributed by atoms with E-state index < -0.39 is 4.84 Å². The van der Waals surface area contributed by atoms with Crippen LogP contribution in [0.5, 0.6) is 0 Å². The normalized spacial score (nSPS) is 16.6. The molecule has 0 aliphatic heterocycles. The minimum Gasteiger partial charge on any atom is -0.358 e. The molecule has 66 valence electrons. The van der Waals surface area contributed by atoms with Crippen molar-refractivity contribution in [1.29, 1.82) is 0 Å². The average molecular weight is 206 g/mol. The summed E-state index contributed by atoms with van der Waals surface area (Å²) in [4.78, 5) is -0.570. The van der Waals surface area contributed by atoms with Crippen molar-refractivity contribution in [1.82, 2.24) is 5.16 Å². The SMILES string of the molecule is ClC(Cl)c1onc2c1CCCC2. The largest absolute Gasteiger partial charge is 0.358 e. The highest BCUT2D eigenvalue weighted by Gasteiger charge is 2.22. The van der Waals surface area contributed by atoms with Gasteiger partial charge in [-0.25, -0.2) is 0 Å². The number of fused-ring (bicyclic) bond motifs is 1. The first kappa shape index (κ1) is 8.39. The van der Waals surface area contributed by atoms with Crippen molar-refractivity contribution in [3.63, 3.8) is 0 Å². The van der Waals surface area contributed by atoms with Gasteiger partial charge in [0, 0.05) is 5.56 Å². The molecule has 2 rings (SSSR count). The van der Waals surface area contributed by atoms with Gasteiger partial charge in [0.1, 0.15) is 0 Å². The van der Waals surface area contributed by atoms with E-state index in [4.69, 9.17) is 27.7 Å². The van der Waals surface area contributed by atoms with Gasteiger partial charge < -0.3 is 4.52 Å². The highest BCUT2D eigenvalue weighted by atomic mass is 35.5. The molecule has 0 saturated carbocycles. The minimum atomic E-state index is -0.570. The zero-order valence-electron chi connectivity index (χ0n) is 6.52. The first-order chi connectivity index (χ1) is 5.79. The van der Waals surface area contributed by atoms with Crippen LogP contribution in [0, 0.1) is 0 Å². The Balaban J connectivity index is 2.38. The number of aryl methyl sites for hydroxylation is 1. The van der Waals surface area contributed by atoms with Gasteiger partial charge in [-0.05, 0) is 25.7 Å². The molecule has 0 spiro atoms. The number of hydrogen-bond acceptors (Lipinski definition) is 2. The summed E-state index contributed by atoms with van der Waals surface area (Å²) in [6.45, 7) is 0. The maximum atomic E-state index is 5.71. The van der Waals surface area contributed by atoms with Crippen LogP contribution >= 0.6 is 23.2 Å². The Kier molecular flexibility index (Phi) is 2.28. The Morgan fingerprint density at radius 2 is 2.00 bits per heavy atom. The number of aromatic nitrogens is 1. The van der Waals surface area contributed by atoms with E-state index in [2.05, 4.69) is 5.16 Å². The van der Waals surface area contributed by atoms with Crippen molar-refractivity contribution in [2.45, 2.75) is 30.5 Å². The molecule has 0 amide bonds. The summed E-state index contributed by atoms with van der Waals surface area (Å²) in [7, 11) is 0. The van der Waals surface area contributed by atoms with E-state index in [-0.39, 0.29) is 0 Å². The summed E-state index contributed by atoms with van der Waals surface area (Å²) in [6, 6.07) is 0. The molecule has 12 heavy (non-hydrogen) atoms. The quantitative estimate of drug-likeness (QED) is 0.660. The number of alkyl halides is 2. The maximum Gasteiger partial charge on any atom is 0.173 e. The zero-order chi connectivity index (χ0) is 8.55. The molecule has 1 aliphatic rings. The second-order valence-electron chi connectivity index (χ2n) is 2.98. The van der Waals surface area contributed by atoms with Gasteiger partial charge in [0.15, 0.2) is 10.6 Å². The summed E-state index contributed by atoms with van der Waals surface area (Å²) in [5.41, 5.74) is 2.18. The van der Waals surface area contributed by atoms with Gasteiger partial charge in [0.05, 0.1) is 5.69 Å². The lowest BCUT2D eigenvalue weighted by Crippen LogP contribution is -2.02. The predicted molar refractivity (Wildman–Crippen MR) is 47.6 cm³/mol. The second kappa shape index (κ2) is 3.27. The van der Waals surface area contributed by atoms with Crippen molar-refractivity contribution in [2.75, 3.05) is 0 Å². The Labute approximate surface area is 80.8 Å². The molecule has 1 heterocycles. The smallest absolute Gasteiger partial charge is 0.173 e. The molecular formula is C8H9Cl2NO. The lowest BCUT2D eigenvalue weighted by Gasteiger charge is -2.08. The fourth-order valence-corrected chi connectivity index (χ4v) is 1.93. The number of nitrogens with zero attached hydrogens (tertiary/aromatic N) is 1. The first-order valence-corrected chi connectivity index (χ1v) is 4.92. The van der Waals surface area contributed by atoms with Crippen LogP contribution in [0.1, 0.15) is 34.7 Å². The number of hydrogen-bond donors (Lipinski definition) is 0. The lowest BCUT2D eigenvalue weighted by molar-refractivity contribution is 0.385. The average Bonchev–Trinajstić information content (AvgIpc) is 2.47. The summed E-state index contributed by atoms with van der Waals surface area (Å²) in [6.07, 6.45) is 4.37. The van der Waals surface area contributed by atoms with Crippen LogP contribution in [0.3, 0.4) is 0 Å². The van der Waals surface area contributed by atoms with Gasteiger partial charge in [-0.3, -0.25) is 0 Å². The fourth-order valence-electron chi connectivity index (χ4n) is 1.59. The molecule has 0 unspecified atom stereocenters. The van der Waals surface area contributed by atoms with E-state index in [0.29, 0.717) is 5.76 Å². The van der Waals surface area contributed by atoms with Gasteiger partial charge in [-0.2, -0.15) is 0 Å². The summed E-state index contributed by atoms with van der Waals surface area (Å²) < 4.78 is 5.07. The van der Waals surface area contributed by atoms with Crippen LogP contribution < -0.4 is 0 Å². The highest BCUT2D eigenvalue weighted by molar-refractivity contribution is 6.43.